The molecular formula is C7H10O5S. The lowest BCUT2D eigenvalue weighted by Crippen LogP contribution is -2.48. The number of rotatable bonds is 3. The first kappa shape index (κ1) is 10.2. The SMILES string of the molecule is CS(=O)(=O)CC1(C(=O)O)CC(=O)C1. The number of ketones is 1. The van der Waals surface area contributed by atoms with Gasteiger partial charge in [0.1, 0.15) is 15.6 Å². The van der Waals surface area contributed by atoms with E-state index in [1.165, 1.54) is 0 Å². The predicted molar refractivity (Wildman–Crippen MR) is 44.0 cm³/mol. The third kappa shape index (κ3) is 2.06. The fourth-order valence-corrected chi connectivity index (χ4v) is 2.85. The maximum atomic E-state index is 10.9. The summed E-state index contributed by atoms with van der Waals surface area (Å²) in [6.07, 6.45) is 0.658. The van der Waals surface area contributed by atoms with Crippen LogP contribution in [0.3, 0.4) is 0 Å². The van der Waals surface area contributed by atoms with Crippen molar-refractivity contribution in [1.29, 1.82) is 0 Å². The second kappa shape index (κ2) is 2.80. The molecule has 1 rings (SSSR count). The Hall–Kier alpha value is -0.910. The number of aliphatic carboxylic acids is 1. The molecule has 0 bridgehead atoms. The van der Waals surface area contributed by atoms with Gasteiger partial charge in [-0.1, -0.05) is 0 Å². The van der Waals surface area contributed by atoms with E-state index in [4.69, 9.17) is 5.11 Å². The third-order valence-corrected chi connectivity index (χ3v) is 3.14. The molecule has 0 spiro atoms. The van der Waals surface area contributed by atoms with E-state index in [9.17, 15) is 18.0 Å². The minimum absolute atomic E-state index is 0.157. The van der Waals surface area contributed by atoms with Gasteiger partial charge in [-0.3, -0.25) is 9.59 Å². The van der Waals surface area contributed by atoms with Crippen molar-refractivity contribution in [2.45, 2.75) is 12.8 Å². The molecule has 1 aliphatic rings. The molecule has 0 aromatic heterocycles. The molecule has 0 aromatic rings. The topological polar surface area (TPSA) is 88.5 Å². The molecular weight excluding hydrogens is 196 g/mol. The first-order valence-electron chi connectivity index (χ1n) is 3.68. The van der Waals surface area contributed by atoms with E-state index in [2.05, 4.69) is 0 Å². The average Bonchev–Trinajstić information content (AvgIpc) is 1.79. The number of Topliss-reactive ketones (excluding diaryl/α,β-unsaturated/α-hetero) is 1. The highest BCUT2D eigenvalue weighted by Gasteiger charge is 2.52. The van der Waals surface area contributed by atoms with E-state index in [1.54, 1.807) is 0 Å². The summed E-state index contributed by atoms with van der Waals surface area (Å²) in [5.74, 6) is -1.83. The zero-order valence-corrected chi connectivity index (χ0v) is 7.93. The first-order chi connectivity index (χ1) is 5.75. The van der Waals surface area contributed by atoms with Crippen LogP contribution in [0.15, 0.2) is 0 Å². The maximum absolute atomic E-state index is 10.9. The normalized spacial score (nSPS) is 20.8. The van der Waals surface area contributed by atoms with Crippen LogP contribution < -0.4 is 0 Å². The number of hydrogen-bond acceptors (Lipinski definition) is 4. The van der Waals surface area contributed by atoms with Gasteiger partial charge < -0.3 is 5.11 Å². The summed E-state index contributed by atoms with van der Waals surface area (Å²) >= 11 is 0. The summed E-state index contributed by atoms with van der Waals surface area (Å²) in [6, 6.07) is 0. The van der Waals surface area contributed by atoms with E-state index in [1.807, 2.05) is 0 Å². The van der Waals surface area contributed by atoms with Crippen molar-refractivity contribution in [3.05, 3.63) is 0 Å². The van der Waals surface area contributed by atoms with Gasteiger partial charge in [0.25, 0.3) is 0 Å². The zero-order valence-electron chi connectivity index (χ0n) is 7.11. The van der Waals surface area contributed by atoms with Crippen molar-refractivity contribution in [2.24, 2.45) is 5.41 Å². The molecule has 0 atom stereocenters. The van der Waals surface area contributed by atoms with Crippen LogP contribution in [0.25, 0.3) is 0 Å². The Morgan fingerprint density at radius 2 is 2.00 bits per heavy atom. The number of carbonyl (C=O) groups is 2. The van der Waals surface area contributed by atoms with Crippen LogP contribution in [0.2, 0.25) is 0 Å². The van der Waals surface area contributed by atoms with Gasteiger partial charge in [-0.25, -0.2) is 8.42 Å². The monoisotopic (exact) mass is 206 g/mol. The Kier molecular flexibility index (Phi) is 2.19. The molecule has 0 saturated heterocycles. The molecule has 1 fully saturated rings. The van der Waals surface area contributed by atoms with Crippen LogP contribution in [0, 0.1) is 5.41 Å². The first-order valence-corrected chi connectivity index (χ1v) is 5.74. The summed E-state index contributed by atoms with van der Waals surface area (Å²) in [4.78, 5) is 21.4. The maximum Gasteiger partial charge on any atom is 0.311 e. The van der Waals surface area contributed by atoms with Crippen molar-refractivity contribution < 1.29 is 23.1 Å². The van der Waals surface area contributed by atoms with Crippen LogP contribution >= 0.6 is 0 Å². The van der Waals surface area contributed by atoms with Crippen molar-refractivity contribution >= 4 is 21.6 Å². The highest BCUT2D eigenvalue weighted by atomic mass is 32.2. The summed E-state index contributed by atoms with van der Waals surface area (Å²) in [7, 11) is -3.34. The van der Waals surface area contributed by atoms with E-state index in [0.29, 0.717) is 0 Å². The summed E-state index contributed by atoms with van der Waals surface area (Å²) in [5.41, 5.74) is -1.34. The highest BCUT2D eigenvalue weighted by molar-refractivity contribution is 7.90. The standard InChI is InChI=1S/C7H10O5S/c1-13(11,12)4-7(6(9)10)2-5(8)3-7/h2-4H2,1H3,(H,9,10). The summed E-state index contributed by atoms with van der Waals surface area (Å²) in [6.45, 7) is 0. The summed E-state index contributed by atoms with van der Waals surface area (Å²) in [5, 5.41) is 8.75. The molecule has 0 aromatic carbocycles. The van der Waals surface area contributed by atoms with Gasteiger partial charge in [0.2, 0.25) is 0 Å². The van der Waals surface area contributed by atoms with Crippen LogP contribution in [-0.4, -0.2) is 37.3 Å². The average molecular weight is 206 g/mol. The number of sulfone groups is 1. The second-order valence-corrected chi connectivity index (χ2v) is 5.69. The minimum atomic E-state index is -3.34. The Bertz CT molecular complexity index is 345. The fourth-order valence-electron chi connectivity index (χ4n) is 1.52. The lowest BCUT2D eigenvalue weighted by Gasteiger charge is -2.35. The molecule has 0 radical (unpaired) electrons. The molecule has 6 heteroatoms. The fraction of sp³-hybridized carbons (Fsp3) is 0.714. The van der Waals surface area contributed by atoms with Gasteiger partial charge in [-0.05, 0) is 0 Å². The Morgan fingerprint density at radius 3 is 2.23 bits per heavy atom. The van der Waals surface area contributed by atoms with Crippen molar-refractivity contribution in [2.75, 3.05) is 12.0 Å². The Labute approximate surface area is 75.7 Å². The van der Waals surface area contributed by atoms with E-state index in [0.717, 1.165) is 6.26 Å². The molecule has 1 saturated carbocycles. The predicted octanol–water partition coefficient (Wildman–Crippen LogP) is -0.535. The molecule has 1 aliphatic carbocycles. The van der Waals surface area contributed by atoms with Gasteiger partial charge in [0.05, 0.1) is 11.2 Å². The van der Waals surface area contributed by atoms with Gasteiger partial charge in [-0.2, -0.15) is 0 Å². The van der Waals surface area contributed by atoms with E-state index >= 15 is 0 Å². The third-order valence-electron chi connectivity index (χ3n) is 2.06. The van der Waals surface area contributed by atoms with Gasteiger partial charge in [-0.15, -0.1) is 0 Å². The molecule has 5 nitrogen and oxygen atoms in total. The Balaban J connectivity index is 2.84. The number of hydrogen-bond donors (Lipinski definition) is 1. The molecule has 0 aliphatic heterocycles. The van der Waals surface area contributed by atoms with E-state index in [-0.39, 0.29) is 18.6 Å². The quantitative estimate of drug-likeness (QED) is 0.670. The lowest BCUT2D eigenvalue weighted by atomic mass is 9.69. The minimum Gasteiger partial charge on any atom is -0.481 e. The molecule has 1 N–H and O–H groups in total. The number of carboxylic acids is 1. The van der Waals surface area contributed by atoms with Crippen molar-refractivity contribution in [1.82, 2.24) is 0 Å². The molecule has 13 heavy (non-hydrogen) atoms. The largest absolute Gasteiger partial charge is 0.481 e. The van der Waals surface area contributed by atoms with Gasteiger partial charge in [0.15, 0.2) is 0 Å². The van der Waals surface area contributed by atoms with Gasteiger partial charge in [0, 0.05) is 19.1 Å². The molecule has 0 amide bonds. The van der Waals surface area contributed by atoms with Crippen LogP contribution in [-0.2, 0) is 19.4 Å². The number of carbonyl (C=O) groups excluding carboxylic acids is 1. The number of carboxylic acid groups (broad SMARTS) is 1. The van der Waals surface area contributed by atoms with Crippen LogP contribution in [0.5, 0.6) is 0 Å². The zero-order chi connectivity index (χ0) is 10.3. The van der Waals surface area contributed by atoms with Gasteiger partial charge >= 0.3 is 5.97 Å². The molecule has 74 valence electrons. The highest BCUT2D eigenvalue weighted by Crippen LogP contribution is 2.39. The second-order valence-electron chi connectivity index (χ2n) is 3.55. The summed E-state index contributed by atoms with van der Waals surface area (Å²) < 4.78 is 21.8. The molecule has 0 unspecified atom stereocenters. The molecule has 0 heterocycles. The van der Waals surface area contributed by atoms with Crippen molar-refractivity contribution in [3.8, 4) is 0 Å². The van der Waals surface area contributed by atoms with Crippen molar-refractivity contribution in [3.63, 3.8) is 0 Å². The Morgan fingerprint density at radius 1 is 1.54 bits per heavy atom. The van der Waals surface area contributed by atoms with E-state index < -0.39 is 27.0 Å². The lowest BCUT2D eigenvalue weighted by molar-refractivity contribution is -0.158. The van der Waals surface area contributed by atoms with Crippen LogP contribution in [0.4, 0.5) is 0 Å². The van der Waals surface area contributed by atoms with Crippen LogP contribution in [0.1, 0.15) is 12.8 Å². The smallest absolute Gasteiger partial charge is 0.311 e.